The number of hydrogen-bond acceptors (Lipinski definition) is 3. The molecule has 82 valence electrons. The molecule has 0 fully saturated rings. The fraction of sp³-hybridized carbons (Fsp3) is 0.0909. The van der Waals surface area contributed by atoms with Gasteiger partial charge in [0.25, 0.3) is 0 Å². The number of carbonyl (C=O) groups is 1. The minimum atomic E-state index is -0.531. The van der Waals surface area contributed by atoms with Gasteiger partial charge in [0.05, 0.1) is 23.2 Å². The Bertz CT molecular complexity index is 618. The summed E-state index contributed by atoms with van der Waals surface area (Å²) < 4.78 is 4.58. The average molecular weight is 238 g/mol. The lowest BCUT2D eigenvalue weighted by molar-refractivity contribution is 0.0601. The Morgan fingerprint density at radius 2 is 2.00 bits per heavy atom. The molecular formula is C11H8ClNO3. The van der Waals surface area contributed by atoms with Gasteiger partial charge in [-0.3, -0.25) is 4.79 Å². The number of esters is 1. The van der Waals surface area contributed by atoms with Crippen molar-refractivity contribution in [3.05, 3.63) is 45.2 Å². The molecule has 1 aromatic heterocycles. The van der Waals surface area contributed by atoms with Gasteiger partial charge in [0.2, 0.25) is 5.56 Å². The third-order valence-corrected chi connectivity index (χ3v) is 2.63. The molecule has 0 aliphatic heterocycles. The molecule has 0 amide bonds. The normalized spacial score (nSPS) is 10.4. The van der Waals surface area contributed by atoms with Crippen LogP contribution in [0.3, 0.4) is 0 Å². The SMILES string of the molecule is COC(=O)c1ccc2ccc(=O)[nH]c2c1Cl. The maximum Gasteiger partial charge on any atom is 0.339 e. The monoisotopic (exact) mass is 237 g/mol. The number of nitrogens with one attached hydrogen (secondary N) is 1. The molecule has 0 aliphatic rings. The highest BCUT2D eigenvalue weighted by Crippen LogP contribution is 2.25. The van der Waals surface area contributed by atoms with Crippen LogP contribution in [0, 0.1) is 0 Å². The first kappa shape index (κ1) is 10.7. The third-order valence-electron chi connectivity index (χ3n) is 2.24. The first-order valence-electron chi connectivity index (χ1n) is 4.53. The van der Waals surface area contributed by atoms with Crippen molar-refractivity contribution < 1.29 is 9.53 Å². The molecule has 0 atom stereocenters. The molecule has 1 heterocycles. The van der Waals surface area contributed by atoms with Crippen LogP contribution in [-0.4, -0.2) is 18.1 Å². The van der Waals surface area contributed by atoms with E-state index in [-0.39, 0.29) is 16.1 Å². The number of methoxy groups -OCH3 is 1. The lowest BCUT2D eigenvalue weighted by Crippen LogP contribution is -2.06. The quantitative estimate of drug-likeness (QED) is 0.772. The topological polar surface area (TPSA) is 59.2 Å². The predicted molar refractivity (Wildman–Crippen MR) is 60.9 cm³/mol. The number of ether oxygens (including phenoxy) is 1. The average Bonchev–Trinajstić information content (AvgIpc) is 2.29. The van der Waals surface area contributed by atoms with Crippen LogP contribution in [0.15, 0.2) is 29.1 Å². The fourth-order valence-corrected chi connectivity index (χ4v) is 1.75. The van der Waals surface area contributed by atoms with E-state index in [4.69, 9.17) is 11.6 Å². The lowest BCUT2D eigenvalue weighted by atomic mass is 10.1. The van der Waals surface area contributed by atoms with E-state index < -0.39 is 5.97 Å². The van der Waals surface area contributed by atoms with Crippen LogP contribution in [0.5, 0.6) is 0 Å². The summed E-state index contributed by atoms with van der Waals surface area (Å²) in [5.41, 5.74) is 0.409. The Labute approximate surface area is 95.8 Å². The van der Waals surface area contributed by atoms with Crippen molar-refractivity contribution in [2.45, 2.75) is 0 Å². The Kier molecular flexibility index (Phi) is 2.66. The number of pyridine rings is 1. The number of rotatable bonds is 1. The van der Waals surface area contributed by atoms with Gasteiger partial charge in [-0.05, 0) is 17.5 Å². The largest absolute Gasteiger partial charge is 0.465 e. The van der Waals surface area contributed by atoms with E-state index in [0.717, 1.165) is 5.39 Å². The molecule has 0 saturated carbocycles. The van der Waals surface area contributed by atoms with Crippen molar-refractivity contribution in [1.29, 1.82) is 0 Å². The van der Waals surface area contributed by atoms with E-state index in [0.29, 0.717) is 5.52 Å². The Morgan fingerprint density at radius 3 is 2.69 bits per heavy atom. The van der Waals surface area contributed by atoms with Crippen LogP contribution < -0.4 is 5.56 Å². The molecule has 1 aromatic carbocycles. The number of aromatic amines is 1. The molecular weight excluding hydrogens is 230 g/mol. The van der Waals surface area contributed by atoms with Gasteiger partial charge in [-0.15, -0.1) is 0 Å². The van der Waals surface area contributed by atoms with Crippen LogP contribution in [0.25, 0.3) is 10.9 Å². The van der Waals surface area contributed by atoms with Gasteiger partial charge in [-0.2, -0.15) is 0 Å². The highest BCUT2D eigenvalue weighted by Gasteiger charge is 2.13. The number of halogens is 1. The smallest absolute Gasteiger partial charge is 0.339 e. The highest BCUT2D eigenvalue weighted by molar-refractivity contribution is 6.38. The van der Waals surface area contributed by atoms with Crippen molar-refractivity contribution in [1.82, 2.24) is 4.98 Å². The van der Waals surface area contributed by atoms with Gasteiger partial charge in [0.15, 0.2) is 0 Å². The zero-order chi connectivity index (χ0) is 11.7. The van der Waals surface area contributed by atoms with Gasteiger partial charge in [0, 0.05) is 6.07 Å². The van der Waals surface area contributed by atoms with Crippen LogP contribution >= 0.6 is 11.6 Å². The van der Waals surface area contributed by atoms with E-state index in [9.17, 15) is 9.59 Å². The molecule has 0 bridgehead atoms. The molecule has 0 aliphatic carbocycles. The summed E-state index contributed by atoms with van der Waals surface area (Å²) in [7, 11) is 1.27. The Morgan fingerprint density at radius 1 is 1.31 bits per heavy atom. The number of fused-ring (bicyclic) bond motifs is 1. The van der Waals surface area contributed by atoms with Crippen molar-refractivity contribution in [2.24, 2.45) is 0 Å². The molecule has 2 aromatic rings. The standard InChI is InChI=1S/C11H8ClNO3/c1-16-11(15)7-4-2-6-3-5-8(14)13-10(6)9(7)12/h2-5H,1H3,(H,13,14). The molecule has 5 heteroatoms. The molecule has 16 heavy (non-hydrogen) atoms. The second-order valence-electron chi connectivity index (χ2n) is 3.21. The van der Waals surface area contributed by atoms with Gasteiger partial charge in [-0.1, -0.05) is 17.7 Å². The maximum atomic E-state index is 11.4. The maximum absolute atomic E-state index is 11.4. The lowest BCUT2D eigenvalue weighted by Gasteiger charge is -2.05. The number of H-pyrrole nitrogens is 1. The number of carbonyl (C=O) groups excluding carboxylic acids is 1. The van der Waals surface area contributed by atoms with Crippen LogP contribution in [0.2, 0.25) is 5.02 Å². The van der Waals surface area contributed by atoms with Crippen LogP contribution in [-0.2, 0) is 4.74 Å². The van der Waals surface area contributed by atoms with Crippen LogP contribution in [0.1, 0.15) is 10.4 Å². The summed E-state index contributed by atoms with van der Waals surface area (Å²) in [6.07, 6.45) is 0. The summed E-state index contributed by atoms with van der Waals surface area (Å²) in [5.74, 6) is -0.531. The summed E-state index contributed by atoms with van der Waals surface area (Å²) in [6, 6.07) is 6.30. The minimum Gasteiger partial charge on any atom is -0.465 e. The van der Waals surface area contributed by atoms with E-state index in [2.05, 4.69) is 9.72 Å². The molecule has 0 saturated heterocycles. The Balaban J connectivity index is 2.77. The first-order valence-corrected chi connectivity index (χ1v) is 4.91. The Hall–Kier alpha value is -1.81. The predicted octanol–water partition coefficient (Wildman–Crippen LogP) is 1.97. The summed E-state index contributed by atoms with van der Waals surface area (Å²) in [4.78, 5) is 25.1. The van der Waals surface area contributed by atoms with Crippen LogP contribution in [0.4, 0.5) is 0 Å². The second kappa shape index (κ2) is 3.98. The van der Waals surface area contributed by atoms with Gasteiger partial charge in [0.1, 0.15) is 0 Å². The molecule has 0 radical (unpaired) electrons. The van der Waals surface area contributed by atoms with Gasteiger partial charge >= 0.3 is 5.97 Å². The van der Waals surface area contributed by atoms with Crippen molar-refractivity contribution in [3.63, 3.8) is 0 Å². The van der Waals surface area contributed by atoms with Crippen molar-refractivity contribution >= 4 is 28.5 Å². The number of aromatic nitrogens is 1. The fourth-order valence-electron chi connectivity index (χ4n) is 1.45. The van der Waals surface area contributed by atoms with E-state index in [1.54, 1.807) is 18.2 Å². The highest BCUT2D eigenvalue weighted by atomic mass is 35.5. The van der Waals surface area contributed by atoms with Crippen molar-refractivity contribution in [3.8, 4) is 0 Å². The van der Waals surface area contributed by atoms with E-state index in [1.807, 2.05) is 0 Å². The molecule has 0 unspecified atom stereocenters. The summed E-state index contributed by atoms with van der Waals surface area (Å²) >= 11 is 6.02. The second-order valence-corrected chi connectivity index (χ2v) is 3.58. The third kappa shape index (κ3) is 1.67. The molecule has 1 N–H and O–H groups in total. The number of benzene rings is 1. The minimum absolute atomic E-state index is 0.196. The first-order chi connectivity index (χ1) is 7.63. The number of hydrogen-bond donors (Lipinski definition) is 1. The summed E-state index contributed by atoms with van der Waals surface area (Å²) in [5, 5.41) is 0.958. The zero-order valence-corrected chi connectivity index (χ0v) is 9.17. The molecule has 2 rings (SSSR count). The molecule has 4 nitrogen and oxygen atoms in total. The van der Waals surface area contributed by atoms with E-state index in [1.165, 1.54) is 13.2 Å². The van der Waals surface area contributed by atoms with Gasteiger partial charge in [-0.25, -0.2) is 4.79 Å². The summed E-state index contributed by atoms with van der Waals surface area (Å²) in [6.45, 7) is 0. The van der Waals surface area contributed by atoms with E-state index >= 15 is 0 Å². The van der Waals surface area contributed by atoms with Gasteiger partial charge < -0.3 is 9.72 Å². The molecule has 0 spiro atoms. The van der Waals surface area contributed by atoms with Crippen molar-refractivity contribution in [2.75, 3.05) is 7.11 Å². The zero-order valence-electron chi connectivity index (χ0n) is 8.41.